The lowest BCUT2D eigenvalue weighted by molar-refractivity contribution is -0.137. The van der Waals surface area contributed by atoms with Crippen molar-refractivity contribution in [2.24, 2.45) is 5.41 Å². The smallest absolute Gasteiger partial charge is 0.309 e. The Kier molecular flexibility index (Phi) is 5.25. The van der Waals surface area contributed by atoms with Gasteiger partial charge in [0.1, 0.15) is 0 Å². The van der Waals surface area contributed by atoms with E-state index in [9.17, 15) is 13.2 Å². The molecule has 114 valence electrons. The molecule has 4 heteroatoms. The van der Waals surface area contributed by atoms with Crippen molar-refractivity contribution in [1.29, 1.82) is 0 Å². The Morgan fingerprint density at radius 1 is 1.15 bits per heavy atom. The minimum atomic E-state index is -4.28. The average molecular weight is 287 g/mol. The molecule has 1 aromatic rings. The van der Waals surface area contributed by atoms with Gasteiger partial charge in [-0.05, 0) is 48.6 Å². The van der Waals surface area contributed by atoms with E-state index in [1.54, 1.807) is 13.0 Å². The summed E-state index contributed by atoms with van der Waals surface area (Å²) in [6.07, 6.45) is -3.29. The summed E-state index contributed by atoms with van der Waals surface area (Å²) in [4.78, 5) is 0. The number of nitrogens with one attached hydrogen (secondary N) is 1. The third-order valence-electron chi connectivity index (χ3n) is 3.37. The monoisotopic (exact) mass is 287 g/mol. The van der Waals surface area contributed by atoms with Crippen LogP contribution in [0.2, 0.25) is 0 Å². The molecule has 0 aliphatic carbocycles. The van der Waals surface area contributed by atoms with Crippen LogP contribution in [-0.2, 0) is 6.18 Å². The number of rotatable bonds is 4. The molecule has 0 radical (unpaired) electrons. The zero-order valence-electron chi connectivity index (χ0n) is 12.9. The van der Waals surface area contributed by atoms with Gasteiger partial charge in [-0.3, -0.25) is 0 Å². The number of aryl methyl sites for hydroxylation is 1. The molecule has 1 nitrogen and oxygen atoms in total. The Bertz CT molecular complexity index is 444. The molecule has 0 heterocycles. The van der Waals surface area contributed by atoms with Crippen molar-refractivity contribution in [3.05, 3.63) is 34.9 Å². The van der Waals surface area contributed by atoms with E-state index < -0.39 is 11.7 Å². The predicted octanol–water partition coefficient (Wildman–Crippen LogP) is 5.10. The second-order valence-corrected chi connectivity index (χ2v) is 6.32. The van der Waals surface area contributed by atoms with Crippen LogP contribution in [-0.4, -0.2) is 6.54 Å². The van der Waals surface area contributed by atoms with Crippen LogP contribution in [0.4, 0.5) is 13.2 Å². The SMILES string of the molecule is CCCNC(c1ccc(C(F)(F)F)cc1C)C(C)(C)C. The van der Waals surface area contributed by atoms with Crippen molar-refractivity contribution in [2.75, 3.05) is 6.54 Å². The molecule has 1 unspecified atom stereocenters. The molecular weight excluding hydrogens is 263 g/mol. The third-order valence-corrected chi connectivity index (χ3v) is 3.37. The Balaban J connectivity index is 3.15. The van der Waals surface area contributed by atoms with Crippen molar-refractivity contribution in [3.8, 4) is 0 Å². The van der Waals surface area contributed by atoms with Gasteiger partial charge in [-0.25, -0.2) is 0 Å². The van der Waals surface area contributed by atoms with E-state index in [-0.39, 0.29) is 11.5 Å². The van der Waals surface area contributed by atoms with E-state index >= 15 is 0 Å². The minimum absolute atomic E-state index is 0.0460. The minimum Gasteiger partial charge on any atom is -0.309 e. The fourth-order valence-electron chi connectivity index (χ4n) is 2.35. The van der Waals surface area contributed by atoms with Gasteiger partial charge in [0.2, 0.25) is 0 Å². The van der Waals surface area contributed by atoms with Gasteiger partial charge in [-0.2, -0.15) is 13.2 Å². The molecule has 0 aliphatic heterocycles. The first-order valence-corrected chi connectivity index (χ1v) is 6.98. The van der Waals surface area contributed by atoms with Crippen molar-refractivity contribution >= 4 is 0 Å². The van der Waals surface area contributed by atoms with Crippen LogP contribution in [0, 0.1) is 12.3 Å². The first-order chi connectivity index (χ1) is 9.07. The van der Waals surface area contributed by atoms with Gasteiger partial charge in [0.15, 0.2) is 0 Å². The molecule has 0 bridgehead atoms. The van der Waals surface area contributed by atoms with Crippen LogP contribution in [0.15, 0.2) is 18.2 Å². The molecule has 0 saturated carbocycles. The van der Waals surface area contributed by atoms with Crippen LogP contribution in [0.1, 0.15) is 56.8 Å². The first-order valence-electron chi connectivity index (χ1n) is 6.98. The van der Waals surface area contributed by atoms with E-state index in [2.05, 4.69) is 33.0 Å². The van der Waals surface area contributed by atoms with Gasteiger partial charge in [-0.15, -0.1) is 0 Å². The number of benzene rings is 1. The number of hydrogen-bond acceptors (Lipinski definition) is 1. The molecule has 0 aliphatic rings. The maximum Gasteiger partial charge on any atom is 0.416 e. The molecule has 1 N–H and O–H groups in total. The molecule has 0 amide bonds. The van der Waals surface area contributed by atoms with Crippen LogP contribution in [0.25, 0.3) is 0 Å². The molecule has 0 aromatic heterocycles. The highest BCUT2D eigenvalue weighted by molar-refractivity contribution is 5.35. The Hall–Kier alpha value is -1.03. The molecule has 1 aromatic carbocycles. The summed E-state index contributed by atoms with van der Waals surface area (Å²) in [6, 6.07) is 4.07. The topological polar surface area (TPSA) is 12.0 Å². The van der Waals surface area contributed by atoms with Crippen LogP contribution < -0.4 is 5.32 Å². The standard InChI is InChI=1S/C16H24F3N/c1-6-9-20-14(15(3,4)5)13-8-7-12(10-11(13)2)16(17,18)19/h7-8,10,14,20H,6,9H2,1-5H3. The van der Waals surface area contributed by atoms with Gasteiger partial charge in [0, 0.05) is 6.04 Å². The predicted molar refractivity (Wildman–Crippen MR) is 76.7 cm³/mol. The highest BCUT2D eigenvalue weighted by atomic mass is 19.4. The van der Waals surface area contributed by atoms with Crippen molar-refractivity contribution in [1.82, 2.24) is 5.32 Å². The Morgan fingerprint density at radius 2 is 1.75 bits per heavy atom. The fourth-order valence-corrected chi connectivity index (χ4v) is 2.35. The summed E-state index contributed by atoms with van der Waals surface area (Å²) >= 11 is 0. The largest absolute Gasteiger partial charge is 0.416 e. The molecule has 0 saturated heterocycles. The molecule has 0 fully saturated rings. The quantitative estimate of drug-likeness (QED) is 0.812. The van der Waals surface area contributed by atoms with Crippen molar-refractivity contribution in [3.63, 3.8) is 0 Å². The Morgan fingerprint density at radius 3 is 2.15 bits per heavy atom. The number of alkyl halides is 3. The molecule has 1 atom stereocenters. The maximum absolute atomic E-state index is 12.7. The van der Waals surface area contributed by atoms with E-state index in [1.807, 2.05) is 0 Å². The third kappa shape index (κ3) is 4.23. The lowest BCUT2D eigenvalue weighted by Crippen LogP contribution is -2.33. The molecule has 0 spiro atoms. The van der Waals surface area contributed by atoms with E-state index in [0.717, 1.165) is 18.5 Å². The van der Waals surface area contributed by atoms with Gasteiger partial charge in [0.05, 0.1) is 5.56 Å². The average Bonchev–Trinajstić information content (AvgIpc) is 2.28. The Labute approximate surface area is 119 Å². The number of hydrogen-bond donors (Lipinski definition) is 1. The normalized spacial score (nSPS) is 14.4. The lowest BCUT2D eigenvalue weighted by atomic mass is 9.80. The molecular formula is C16H24F3N. The van der Waals surface area contributed by atoms with E-state index in [4.69, 9.17) is 0 Å². The second-order valence-electron chi connectivity index (χ2n) is 6.32. The van der Waals surface area contributed by atoms with Crippen LogP contribution in [0.5, 0.6) is 0 Å². The van der Waals surface area contributed by atoms with E-state index in [1.165, 1.54) is 12.1 Å². The van der Waals surface area contributed by atoms with Crippen molar-refractivity contribution < 1.29 is 13.2 Å². The van der Waals surface area contributed by atoms with Gasteiger partial charge in [-0.1, -0.05) is 33.8 Å². The van der Waals surface area contributed by atoms with Crippen LogP contribution >= 0.6 is 0 Å². The zero-order valence-corrected chi connectivity index (χ0v) is 12.9. The molecule has 1 rings (SSSR count). The fraction of sp³-hybridized carbons (Fsp3) is 0.625. The lowest BCUT2D eigenvalue weighted by Gasteiger charge is -2.33. The first kappa shape index (κ1) is 17.0. The highest BCUT2D eigenvalue weighted by Crippen LogP contribution is 2.37. The summed E-state index contributed by atoms with van der Waals surface area (Å²) in [5.74, 6) is 0. The van der Waals surface area contributed by atoms with Gasteiger partial charge < -0.3 is 5.32 Å². The zero-order chi connectivity index (χ0) is 15.6. The maximum atomic E-state index is 12.7. The highest BCUT2D eigenvalue weighted by Gasteiger charge is 2.32. The summed E-state index contributed by atoms with van der Waals surface area (Å²) in [6.45, 7) is 11.0. The second kappa shape index (κ2) is 6.17. The van der Waals surface area contributed by atoms with Gasteiger partial charge >= 0.3 is 6.18 Å². The van der Waals surface area contributed by atoms with E-state index in [0.29, 0.717) is 5.56 Å². The van der Waals surface area contributed by atoms with Crippen molar-refractivity contribution in [2.45, 2.75) is 53.3 Å². The van der Waals surface area contributed by atoms with Crippen LogP contribution in [0.3, 0.4) is 0 Å². The summed E-state index contributed by atoms with van der Waals surface area (Å²) in [7, 11) is 0. The summed E-state index contributed by atoms with van der Waals surface area (Å²) in [5.41, 5.74) is 0.990. The summed E-state index contributed by atoms with van der Waals surface area (Å²) < 4.78 is 38.2. The number of halogens is 3. The molecule has 20 heavy (non-hydrogen) atoms. The van der Waals surface area contributed by atoms with Gasteiger partial charge in [0.25, 0.3) is 0 Å². The summed E-state index contributed by atoms with van der Waals surface area (Å²) in [5, 5.41) is 3.44.